The molecule has 4 nitrogen and oxygen atoms in total. The van der Waals surface area contributed by atoms with Crippen molar-refractivity contribution < 1.29 is 0 Å². The van der Waals surface area contributed by atoms with E-state index in [4.69, 9.17) is 0 Å². The third-order valence-electron chi connectivity index (χ3n) is 3.96. The fraction of sp³-hybridized carbons (Fsp3) is 0.368. The summed E-state index contributed by atoms with van der Waals surface area (Å²) >= 11 is 1.75. The van der Waals surface area contributed by atoms with Gasteiger partial charge < -0.3 is 4.98 Å². The van der Waals surface area contributed by atoms with Gasteiger partial charge in [0.15, 0.2) is 0 Å². The number of pyridine rings is 1. The minimum Gasteiger partial charge on any atom is -0.345 e. The zero-order valence-electron chi connectivity index (χ0n) is 14.1. The summed E-state index contributed by atoms with van der Waals surface area (Å²) in [4.78, 5) is 14.7. The van der Waals surface area contributed by atoms with Gasteiger partial charge in [0.2, 0.25) is 0 Å². The summed E-state index contributed by atoms with van der Waals surface area (Å²) in [6.07, 6.45) is 9.16. The fourth-order valence-corrected chi connectivity index (χ4v) is 3.42. The van der Waals surface area contributed by atoms with Gasteiger partial charge in [0.1, 0.15) is 5.82 Å². The molecule has 0 fully saturated rings. The quantitative estimate of drug-likeness (QED) is 0.627. The molecule has 3 heterocycles. The van der Waals surface area contributed by atoms with Crippen LogP contribution in [0.15, 0.2) is 47.5 Å². The fourth-order valence-electron chi connectivity index (χ4n) is 2.76. The van der Waals surface area contributed by atoms with Gasteiger partial charge in [0, 0.05) is 50.3 Å². The summed E-state index contributed by atoms with van der Waals surface area (Å²) in [7, 11) is 0. The molecule has 0 spiro atoms. The summed E-state index contributed by atoms with van der Waals surface area (Å²) in [6.45, 7) is 4.89. The number of H-pyrrole nitrogens is 1. The number of rotatable bonds is 9. The third kappa shape index (κ3) is 5.01. The molecule has 0 saturated heterocycles. The first-order valence-corrected chi connectivity index (χ1v) is 9.43. The second-order valence-electron chi connectivity index (χ2n) is 6.10. The molecule has 3 aromatic rings. The van der Waals surface area contributed by atoms with Crippen molar-refractivity contribution in [3.63, 3.8) is 0 Å². The van der Waals surface area contributed by atoms with E-state index in [1.165, 1.54) is 29.7 Å². The summed E-state index contributed by atoms with van der Waals surface area (Å²) in [5.74, 6) is 1.10. The maximum atomic E-state index is 4.52. The number of aryl methyl sites for hydroxylation is 1. The Bertz CT molecular complexity index is 706. The van der Waals surface area contributed by atoms with E-state index >= 15 is 0 Å². The molecule has 3 rings (SSSR count). The number of hydrogen-bond donors (Lipinski definition) is 1. The molecule has 5 heteroatoms. The Morgan fingerprint density at radius 2 is 2.04 bits per heavy atom. The van der Waals surface area contributed by atoms with Crippen LogP contribution < -0.4 is 0 Å². The second-order valence-corrected chi connectivity index (χ2v) is 6.88. The molecule has 0 amide bonds. The van der Waals surface area contributed by atoms with Crippen LogP contribution >= 0.6 is 11.3 Å². The molecule has 0 radical (unpaired) electrons. The van der Waals surface area contributed by atoms with E-state index in [0.717, 1.165) is 31.9 Å². The van der Waals surface area contributed by atoms with E-state index in [2.05, 4.69) is 49.7 Å². The molecule has 126 valence electrons. The summed E-state index contributed by atoms with van der Waals surface area (Å²) in [6, 6.07) is 6.32. The maximum absolute atomic E-state index is 4.52. The van der Waals surface area contributed by atoms with Gasteiger partial charge in [0.25, 0.3) is 0 Å². The minimum absolute atomic E-state index is 0.865. The predicted molar refractivity (Wildman–Crippen MR) is 98.7 cm³/mol. The molecule has 0 atom stereocenters. The summed E-state index contributed by atoms with van der Waals surface area (Å²) in [5.41, 5.74) is 3.77. The number of thiophene rings is 1. The number of imidazole rings is 1. The molecular formula is C19H24N4S. The van der Waals surface area contributed by atoms with Gasteiger partial charge in [-0.3, -0.25) is 9.88 Å². The van der Waals surface area contributed by atoms with Crippen molar-refractivity contribution in [2.45, 2.75) is 45.8 Å². The summed E-state index contributed by atoms with van der Waals surface area (Å²) < 4.78 is 0. The minimum atomic E-state index is 0.865. The van der Waals surface area contributed by atoms with Crippen LogP contribution in [0.4, 0.5) is 0 Å². The van der Waals surface area contributed by atoms with Gasteiger partial charge in [-0.2, -0.15) is 11.3 Å². The van der Waals surface area contributed by atoms with Crippen LogP contribution in [0.25, 0.3) is 0 Å². The number of hydrogen-bond acceptors (Lipinski definition) is 4. The average Bonchev–Trinajstić information content (AvgIpc) is 3.26. The van der Waals surface area contributed by atoms with Gasteiger partial charge in [-0.05, 0) is 40.4 Å². The van der Waals surface area contributed by atoms with Gasteiger partial charge >= 0.3 is 0 Å². The van der Waals surface area contributed by atoms with Crippen molar-refractivity contribution in [1.82, 2.24) is 19.9 Å². The van der Waals surface area contributed by atoms with Crippen molar-refractivity contribution in [3.8, 4) is 0 Å². The normalized spacial score (nSPS) is 11.2. The first kappa shape index (κ1) is 16.9. The van der Waals surface area contributed by atoms with Gasteiger partial charge in [0.05, 0.1) is 0 Å². The molecule has 0 bridgehead atoms. The van der Waals surface area contributed by atoms with Crippen molar-refractivity contribution in [2.24, 2.45) is 0 Å². The van der Waals surface area contributed by atoms with Gasteiger partial charge in [-0.1, -0.05) is 19.4 Å². The lowest BCUT2D eigenvalue weighted by Gasteiger charge is -2.21. The average molecular weight is 340 g/mol. The SMILES string of the molecule is CCCCc1ncc(CN(Cc2cccnc2)Cc2ccsc2)[nH]1. The van der Waals surface area contributed by atoms with E-state index in [9.17, 15) is 0 Å². The Balaban J connectivity index is 1.68. The molecule has 0 unspecified atom stereocenters. The molecular weight excluding hydrogens is 316 g/mol. The van der Waals surface area contributed by atoms with Crippen molar-refractivity contribution >= 4 is 11.3 Å². The topological polar surface area (TPSA) is 44.8 Å². The third-order valence-corrected chi connectivity index (χ3v) is 4.69. The largest absolute Gasteiger partial charge is 0.345 e. The lowest BCUT2D eigenvalue weighted by molar-refractivity contribution is 0.245. The lowest BCUT2D eigenvalue weighted by atomic mass is 10.2. The molecule has 3 aromatic heterocycles. The highest BCUT2D eigenvalue weighted by molar-refractivity contribution is 7.07. The van der Waals surface area contributed by atoms with Crippen LogP contribution in [0.3, 0.4) is 0 Å². The van der Waals surface area contributed by atoms with Crippen LogP contribution in [0, 0.1) is 0 Å². The maximum Gasteiger partial charge on any atom is 0.106 e. The number of aromatic nitrogens is 3. The van der Waals surface area contributed by atoms with Gasteiger partial charge in [-0.15, -0.1) is 0 Å². The highest BCUT2D eigenvalue weighted by atomic mass is 32.1. The van der Waals surface area contributed by atoms with E-state index in [0.29, 0.717) is 0 Å². The predicted octanol–water partition coefficient (Wildman–Crippen LogP) is 4.41. The number of nitrogens with one attached hydrogen (secondary N) is 1. The van der Waals surface area contributed by atoms with E-state index in [1.807, 2.05) is 24.7 Å². The van der Waals surface area contributed by atoms with Gasteiger partial charge in [-0.25, -0.2) is 4.98 Å². The Labute approximate surface area is 147 Å². The first-order chi connectivity index (χ1) is 11.8. The number of unbranched alkanes of at least 4 members (excludes halogenated alkanes) is 1. The van der Waals surface area contributed by atoms with Crippen LogP contribution in [0.1, 0.15) is 42.4 Å². The van der Waals surface area contributed by atoms with Crippen LogP contribution in [-0.4, -0.2) is 19.9 Å². The number of nitrogens with zero attached hydrogens (tertiary/aromatic N) is 3. The van der Waals surface area contributed by atoms with E-state index in [-0.39, 0.29) is 0 Å². The second kappa shape index (κ2) is 8.76. The van der Waals surface area contributed by atoms with Crippen LogP contribution in [0.2, 0.25) is 0 Å². The molecule has 0 saturated carbocycles. The highest BCUT2D eigenvalue weighted by Gasteiger charge is 2.11. The summed E-state index contributed by atoms with van der Waals surface area (Å²) in [5, 5.41) is 4.35. The smallest absolute Gasteiger partial charge is 0.106 e. The molecule has 0 aliphatic carbocycles. The Morgan fingerprint density at radius 3 is 2.79 bits per heavy atom. The first-order valence-electron chi connectivity index (χ1n) is 8.48. The Hall–Kier alpha value is -1.98. The van der Waals surface area contributed by atoms with Crippen molar-refractivity contribution in [2.75, 3.05) is 0 Å². The molecule has 0 aliphatic heterocycles. The Kier molecular flexibility index (Phi) is 6.15. The molecule has 1 N–H and O–H groups in total. The molecule has 0 aliphatic rings. The van der Waals surface area contributed by atoms with Crippen molar-refractivity contribution in [3.05, 3.63) is 70.2 Å². The van der Waals surface area contributed by atoms with Crippen LogP contribution in [0.5, 0.6) is 0 Å². The van der Waals surface area contributed by atoms with Crippen molar-refractivity contribution in [1.29, 1.82) is 0 Å². The zero-order valence-corrected chi connectivity index (χ0v) is 14.9. The van der Waals surface area contributed by atoms with E-state index in [1.54, 1.807) is 11.3 Å². The number of aromatic amines is 1. The molecule has 24 heavy (non-hydrogen) atoms. The van der Waals surface area contributed by atoms with E-state index < -0.39 is 0 Å². The monoisotopic (exact) mass is 340 g/mol. The highest BCUT2D eigenvalue weighted by Crippen LogP contribution is 2.15. The zero-order chi connectivity index (χ0) is 16.6. The van der Waals surface area contributed by atoms with Crippen LogP contribution in [-0.2, 0) is 26.1 Å². The Morgan fingerprint density at radius 1 is 1.12 bits per heavy atom. The lowest BCUT2D eigenvalue weighted by Crippen LogP contribution is -2.22. The molecule has 0 aromatic carbocycles. The standard InChI is InChI=1S/C19H24N4S/c1-2-3-6-19-21-11-18(22-19)14-23(13-17-7-9-24-15-17)12-16-5-4-8-20-10-16/h4-5,7-11,15H,2-3,6,12-14H2,1H3,(H,21,22).